The van der Waals surface area contributed by atoms with Crippen molar-refractivity contribution in [2.24, 2.45) is 5.10 Å². The van der Waals surface area contributed by atoms with Crippen LogP contribution in [0, 0.1) is 5.82 Å². The number of carbonyl (C=O) groups is 1. The molecule has 9 heteroatoms. The fourth-order valence-corrected chi connectivity index (χ4v) is 3.99. The molecule has 2 heterocycles. The zero-order chi connectivity index (χ0) is 21.5. The summed E-state index contributed by atoms with van der Waals surface area (Å²) < 4.78 is 23.7. The van der Waals surface area contributed by atoms with Crippen LogP contribution in [0.1, 0.15) is 4.88 Å². The number of halogens is 1. The summed E-state index contributed by atoms with van der Waals surface area (Å²) in [6, 6.07) is 15.3. The van der Waals surface area contributed by atoms with Crippen LogP contribution in [0.25, 0.3) is 11.3 Å². The molecular formula is C22H21FN4O3S. The van der Waals surface area contributed by atoms with E-state index in [0.29, 0.717) is 19.0 Å². The molecule has 0 atom stereocenters. The quantitative estimate of drug-likeness (QED) is 0.451. The molecule has 1 saturated heterocycles. The fourth-order valence-electron chi connectivity index (χ4n) is 2.98. The summed E-state index contributed by atoms with van der Waals surface area (Å²) >= 11 is 1.52. The van der Waals surface area contributed by atoms with Crippen molar-refractivity contribution >= 4 is 28.6 Å². The lowest BCUT2D eigenvalue weighted by atomic mass is 10.1. The van der Waals surface area contributed by atoms with Gasteiger partial charge >= 0.3 is 0 Å². The standard InChI is InChI=1S/C22H21FN4O3S/c23-17-6-8-18(9-7-17)30-15-20(28)26-24-14-19-21(16-4-2-1-3-5-16)25-22(31-19)27-10-12-29-13-11-27/h1-9,14H,10-13,15H2,(H,26,28)/b24-14-. The van der Waals surface area contributed by atoms with Gasteiger partial charge in [-0.2, -0.15) is 5.10 Å². The van der Waals surface area contributed by atoms with E-state index in [-0.39, 0.29) is 12.4 Å². The predicted octanol–water partition coefficient (Wildman–Crippen LogP) is 3.31. The summed E-state index contributed by atoms with van der Waals surface area (Å²) in [4.78, 5) is 19.9. The van der Waals surface area contributed by atoms with Crippen LogP contribution in [-0.2, 0) is 9.53 Å². The van der Waals surface area contributed by atoms with Gasteiger partial charge in [-0.3, -0.25) is 4.79 Å². The Bertz CT molecular complexity index is 1030. The number of aromatic nitrogens is 1. The van der Waals surface area contributed by atoms with E-state index in [4.69, 9.17) is 14.5 Å². The number of ether oxygens (including phenoxy) is 2. The summed E-state index contributed by atoms with van der Waals surface area (Å²) in [5.41, 5.74) is 4.25. The normalized spacial score (nSPS) is 14.0. The lowest BCUT2D eigenvalue weighted by Crippen LogP contribution is -2.36. The zero-order valence-corrected chi connectivity index (χ0v) is 17.5. The molecule has 4 rings (SSSR count). The number of hydrogen-bond acceptors (Lipinski definition) is 7. The highest BCUT2D eigenvalue weighted by atomic mass is 32.1. The highest BCUT2D eigenvalue weighted by Gasteiger charge is 2.18. The number of rotatable bonds is 7. The molecule has 31 heavy (non-hydrogen) atoms. The highest BCUT2D eigenvalue weighted by Crippen LogP contribution is 2.32. The zero-order valence-electron chi connectivity index (χ0n) is 16.7. The molecule has 160 valence electrons. The number of morpholine rings is 1. The first-order valence-corrected chi connectivity index (χ1v) is 10.6. The first-order valence-electron chi connectivity index (χ1n) is 9.78. The number of hydrogen-bond donors (Lipinski definition) is 1. The monoisotopic (exact) mass is 440 g/mol. The summed E-state index contributed by atoms with van der Waals surface area (Å²) in [6.07, 6.45) is 1.60. The first-order chi connectivity index (χ1) is 15.2. The Kier molecular flexibility index (Phi) is 6.85. The summed E-state index contributed by atoms with van der Waals surface area (Å²) in [7, 11) is 0. The van der Waals surface area contributed by atoms with Gasteiger partial charge < -0.3 is 14.4 Å². The van der Waals surface area contributed by atoms with E-state index in [1.807, 2.05) is 30.3 Å². The van der Waals surface area contributed by atoms with Crippen LogP contribution in [0.3, 0.4) is 0 Å². The minimum absolute atomic E-state index is 0.226. The van der Waals surface area contributed by atoms with E-state index < -0.39 is 5.91 Å². The number of nitrogens with one attached hydrogen (secondary N) is 1. The Morgan fingerprint density at radius 2 is 1.94 bits per heavy atom. The number of carbonyl (C=O) groups excluding carboxylic acids is 1. The van der Waals surface area contributed by atoms with Gasteiger partial charge in [-0.25, -0.2) is 14.8 Å². The molecule has 2 aromatic carbocycles. The van der Waals surface area contributed by atoms with Gasteiger partial charge in [-0.1, -0.05) is 41.7 Å². The van der Waals surface area contributed by atoms with Gasteiger partial charge in [0.2, 0.25) is 0 Å². The molecule has 1 fully saturated rings. The third kappa shape index (κ3) is 5.65. The average Bonchev–Trinajstić information content (AvgIpc) is 3.24. The number of amides is 1. The number of thiazole rings is 1. The van der Waals surface area contributed by atoms with E-state index in [2.05, 4.69) is 15.4 Å². The molecule has 1 aliphatic heterocycles. The van der Waals surface area contributed by atoms with Crippen LogP contribution < -0.4 is 15.1 Å². The number of benzene rings is 2. The second-order valence-corrected chi connectivity index (χ2v) is 7.72. The summed E-state index contributed by atoms with van der Waals surface area (Å²) in [5, 5.41) is 4.97. The predicted molar refractivity (Wildman–Crippen MR) is 118 cm³/mol. The van der Waals surface area contributed by atoms with Crippen molar-refractivity contribution in [3.8, 4) is 17.0 Å². The van der Waals surface area contributed by atoms with E-state index in [1.54, 1.807) is 6.21 Å². The Balaban J connectivity index is 1.43. The maximum Gasteiger partial charge on any atom is 0.277 e. The van der Waals surface area contributed by atoms with Gasteiger partial charge in [0.1, 0.15) is 11.6 Å². The van der Waals surface area contributed by atoms with E-state index in [9.17, 15) is 9.18 Å². The van der Waals surface area contributed by atoms with Crippen molar-refractivity contribution < 1.29 is 18.7 Å². The topological polar surface area (TPSA) is 76.0 Å². The van der Waals surface area contributed by atoms with Gasteiger partial charge in [-0.15, -0.1) is 0 Å². The molecule has 3 aromatic rings. The first kappa shape index (κ1) is 21.0. The van der Waals surface area contributed by atoms with Crippen molar-refractivity contribution in [1.29, 1.82) is 0 Å². The summed E-state index contributed by atoms with van der Waals surface area (Å²) in [5.74, 6) is -0.374. The molecule has 0 saturated carbocycles. The van der Waals surface area contributed by atoms with Crippen molar-refractivity contribution in [2.75, 3.05) is 37.8 Å². The lowest BCUT2D eigenvalue weighted by molar-refractivity contribution is -0.123. The Morgan fingerprint density at radius 1 is 1.19 bits per heavy atom. The van der Waals surface area contributed by atoms with Crippen LogP contribution in [0.4, 0.5) is 9.52 Å². The second kappa shape index (κ2) is 10.1. The molecule has 1 aromatic heterocycles. The van der Waals surface area contributed by atoms with Crippen molar-refractivity contribution in [3.63, 3.8) is 0 Å². The second-order valence-electron chi connectivity index (χ2n) is 6.71. The van der Waals surface area contributed by atoms with Gasteiger partial charge in [0.25, 0.3) is 5.91 Å². The minimum atomic E-state index is -0.417. The van der Waals surface area contributed by atoms with E-state index in [0.717, 1.165) is 34.4 Å². The van der Waals surface area contributed by atoms with E-state index in [1.165, 1.54) is 35.6 Å². The SMILES string of the molecule is O=C(COc1ccc(F)cc1)N/N=C\c1sc(N2CCOCC2)nc1-c1ccccc1. The van der Waals surface area contributed by atoms with E-state index >= 15 is 0 Å². The molecule has 1 N–H and O–H groups in total. The molecule has 7 nitrogen and oxygen atoms in total. The maximum atomic E-state index is 12.9. The largest absolute Gasteiger partial charge is 0.484 e. The minimum Gasteiger partial charge on any atom is -0.484 e. The third-order valence-electron chi connectivity index (χ3n) is 4.53. The van der Waals surface area contributed by atoms with Crippen LogP contribution in [0.2, 0.25) is 0 Å². The molecule has 0 unspecified atom stereocenters. The van der Waals surface area contributed by atoms with Crippen molar-refractivity contribution in [2.45, 2.75) is 0 Å². The molecule has 0 radical (unpaired) electrons. The van der Waals surface area contributed by atoms with Crippen LogP contribution >= 0.6 is 11.3 Å². The van der Waals surface area contributed by atoms with Gasteiger partial charge in [0, 0.05) is 18.7 Å². The van der Waals surface area contributed by atoms with Gasteiger partial charge in [0.05, 0.1) is 30.0 Å². The molecule has 0 bridgehead atoms. The van der Waals surface area contributed by atoms with Crippen molar-refractivity contribution in [1.82, 2.24) is 10.4 Å². The molecule has 1 aliphatic rings. The molecule has 0 spiro atoms. The smallest absolute Gasteiger partial charge is 0.277 e. The van der Waals surface area contributed by atoms with Gasteiger partial charge in [-0.05, 0) is 24.3 Å². The van der Waals surface area contributed by atoms with Gasteiger partial charge in [0.15, 0.2) is 11.7 Å². The Labute approximate surface area is 183 Å². The number of hydrazone groups is 1. The Morgan fingerprint density at radius 3 is 2.68 bits per heavy atom. The maximum absolute atomic E-state index is 12.9. The number of nitrogens with zero attached hydrogens (tertiary/aromatic N) is 3. The number of anilines is 1. The average molecular weight is 441 g/mol. The highest BCUT2D eigenvalue weighted by molar-refractivity contribution is 7.17. The van der Waals surface area contributed by atoms with Crippen LogP contribution in [0.5, 0.6) is 5.75 Å². The summed E-state index contributed by atoms with van der Waals surface area (Å²) in [6.45, 7) is 2.70. The molecular weight excluding hydrogens is 419 g/mol. The fraction of sp³-hybridized carbons (Fsp3) is 0.227. The molecule has 1 amide bonds. The Hall–Kier alpha value is -3.30. The lowest BCUT2D eigenvalue weighted by Gasteiger charge is -2.26. The van der Waals surface area contributed by atoms with Crippen molar-refractivity contribution in [3.05, 3.63) is 65.3 Å². The molecule has 0 aliphatic carbocycles. The van der Waals surface area contributed by atoms with Crippen LogP contribution in [0.15, 0.2) is 59.7 Å². The van der Waals surface area contributed by atoms with Crippen LogP contribution in [-0.4, -0.2) is 50.0 Å². The third-order valence-corrected chi connectivity index (χ3v) is 5.58.